The van der Waals surface area contributed by atoms with Gasteiger partial charge in [-0.3, -0.25) is 9.69 Å². The number of amides is 1. The average Bonchev–Trinajstić information content (AvgIpc) is 2.34. The van der Waals surface area contributed by atoms with Crippen LogP contribution in [0.2, 0.25) is 0 Å². The zero-order valence-corrected chi connectivity index (χ0v) is 13.3. The van der Waals surface area contributed by atoms with Crippen LogP contribution in [0.4, 0.5) is 0 Å². The van der Waals surface area contributed by atoms with Crippen molar-refractivity contribution in [1.82, 2.24) is 9.80 Å². The van der Waals surface area contributed by atoms with Crippen LogP contribution < -0.4 is 5.73 Å². The number of nitrogens with two attached hydrogens (primary N) is 1. The van der Waals surface area contributed by atoms with Gasteiger partial charge in [0.2, 0.25) is 5.91 Å². The van der Waals surface area contributed by atoms with Crippen molar-refractivity contribution < 1.29 is 4.79 Å². The van der Waals surface area contributed by atoms with Crippen LogP contribution in [0.25, 0.3) is 0 Å². The summed E-state index contributed by atoms with van der Waals surface area (Å²) in [5.41, 5.74) is 5.89. The van der Waals surface area contributed by atoms with E-state index in [0.717, 1.165) is 38.6 Å². The molecule has 0 aromatic rings. The quantitative estimate of drug-likeness (QED) is 0.842. The van der Waals surface area contributed by atoms with Crippen LogP contribution in [0.5, 0.6) is 0 Å². The van der Waals surface area contributed by atoms with Crippen molar-refractivity contribution in [3.8, 4) is 0 Å². The van der Waals surface area contributed by atoms with Crippen molar-refractivity contribution in [1.29, 1.82) is 0 Å². The van der Waals surface area contributed by atoms with Gasteiger partial charge < -0.3 is 10.6 Å². The van der Waals surface area contributed by atoms with E-state index in [4.69, 9.17) is 5.73 Å². The molecule has 0 bridgehead atoms. The zero-order valence-electron chi connectivity index (χ0n) is 13.3. The molecule has 0 saturated carbocycles. The van der Waals surface area contributed by atoms with Crippen LogP contribution >= 0.6 is 0 Å². The molecule has 1 saturated heterocycles. The highest BCUT2D eigenvalue weighted by Gasteiger charge is 2.32. The van der Waals surface area contributed by atoms with Crippen molar-refractivity contribution >= 4 is 5.91 Å². The fourth-order valence-electron chi connectivity index (χ4n) is 2.20. The van der Waals surface area contributed by atoms with Gasteiger partial charge in [-0.1, -0.05) is 34.6 Å². The number of carbonyl (C=O) groups excluding carboxylic acids is 1. The first-order chi connectivity index (χ1) is 8.71. The molecular formula is C15H31N3O. The van der Waals surface area contributed by atoms with E-state index in [2.05, 4.69) is 18.7 Å². The fraction of sp³-hybridized carbons (Fsp3) is 0.933. The predicted molar refractivity (Wildman–Crippen MR) is 79.9 cm³/mol. The van der Waals surface area contributed by atoms with E-state index in [1.807, 2.05) is 25.7 Å². The zero-order chi connectivity index (χ0) is 14.6. The highest BCUT2D eigenvalue weighted by atomic mass is 16.2. The monoisotopic (exact) mass is 269 g/mol. The van der Waals surface area contributed by atoms with E-state index in [0.29, 0.717) is 0 Å². The number of hydrogen-bond donors (Lipinski definition) is 1. The Kier molecular flexibility index (Phi) is 5.81. The SMILES string of the molecule is CC(C)CCN1CCN(C(=O)C(N)C(C)(C)C)CC1. The Labute approximate surface area is 118 Å². The molecule has 1 heterocycles. The summed E-state index contributed by atoms with van der Waals surface area (Å²) < 4.78 is 0. The molecule has 4 heteroatoms. The van der Waals surface area contributed by atoms with Crippen LogP contribution in [-0.4, -0.2) is 54.5 Å². The molecule has 0 spiro atoms. The highest BCUT2D eigenvalue weighted by Crippen LogP contribution is 2.19. The second kappa shape index (κ2) is 6.71. The normalized spacial score (nSPS) is 19.8. The van der Waals surface area contributed by atoms with Gasteiger partial charge in [0.1, 0.15) is 0 Å². The molecule has 0 radical (unpaired) electrons. The minimum atomic E-state index is -0.394. The Morgan fingerprint density at radius 2 is 1.68 bits per heavy atom. The molecule has 1 fully saturated rings. The molecule has 4 nitrogen and oxygen atoms in total. The van der Waals surface area contributed by atoms with Crippen LogP contribution in [0.3, 0.4) is 0 Å². The maximum Gasteiger partial charge on any atom is 0.240 e. The Balaban J connectivity index is 2.39. The number of nitrogens with zero attached hydrogens (tertiary/aromatic N) is 2. The number of piperazine rings is 1. The summed E-state index contributed by atoms with van der Waals surface area (Å²) >= 11 is 0. The molecule has 112 valence electrons. The number of hydrogen-bond acceptors (Lipinski definition) is 3. The van der Waals surface area contributed by atoms with Gasteiger partial charge in [0.25, 0.3) is 0 Å². The maximum absolute atomic E-state index is 12.3. The molecule has 1 amide bonds. The predicted octanol–water partition coefficient (Wildman–Crippen LogP) is 1.55. The second-order valence-electron chi connectivity index (χ2n) is 7.19. The first-order valence-electron chi connectivity index (χ1n) is 7.48. The molecule has 1 unspecified atom stereocenters. The molecule has 1 aliphatic heterocycles. The van der Waals surface area contributed by atoms with Crippen LogP contribution in [0, 0.1) is 11.3 Å². The largest absolute Gasteiger partial charge is 0.339 e. The third-order valence-corrected chi connectivity index (χ3v) is 3.91. The lowest BCUT2D eigenvalue weighted by Gasteiger charge is -2.38. The van der Waals surface area contributed by atoms with E-state index in [1.165, 1.54) is 6.42 Å². The first kappa shape index (κ1) is 16.4. The minimum Gasteiger partial charge on any atom is -0.339 e. The summed E-state index contributed by atoms with van der Waals surface area (Å²) in [5.74, 6) is 0.852. The first-order valence-corrected chi connectivity index (χ1v) is 7.48. The van der Waals surface area contributed by atoms with Gasteiger partial charge in [0, 0.05) is 26.2 Å². The summed E-state index contributed by atoms with van der Waals surface area (Å²) in [6.45, 7) is 15.3. The highest BCUT2D eigenvalue weighted by molar-refractivity contribution is 5.82. The van der Waals surface area contributed by atoms with E-state index in [1.54, 1.807) is 0 Å². The molecular weight excluding hydrogens is 238 g/mol. The van der Waals surface area contributed by atoms with E-state index >= 15 is 0 Å². The summed E-state index contributed by atoms with van der Waals surface area (Å²) in [4.78, 5) is 16.7. The molecule has 1 aliphatic rings. The number of carbonyl (C=O) groups is 1. The lowest BCUT2D eigenvalue weighted by atomic mass is 9.86. The van der Waals surface area contributed by atoms with Gasteiger partial charge in [-0.2, -0.15) is 0 Å². The van der Waals surface area contributed by atoms with Crippen LogP contribution in [-0.2, 0) is 4.79 Å². The summed E-state index contributed by atoms with van der Waals surface area (Å²) in [6, 6.07) is -0.394. The minimum absolute atomic E-state index is 0.107. The van der Waals surface area contributed by atoms with Gasteiger partial charge in [-0.15, -0.1) is 0 Å². The molecule has 0 aliphatic carbocycles. The van der Waals surface area contributed by atoms with E-state index in [-0.39, 0.29) is 11.3 Å². The molecule has 1 rings (SSSR count). The summed E-state index contributed by atoms with van der Waals surface area (Å²) in [6.07, 6.45) is 1.23. The topological polar surface area (TPSA) is 49.6 Å². The van der Waals surface area contributed by atoms with Crippen LogP contribution in [0.1, 0.15) is 41.0 Å². The van der Waals surface area contributed by atoms with Crippen molar-refractivity contribution in [2.45, 2.75) is 47.1 Å². The lowest BCUT2D eigenvalue weighted by Crippen LogP contribution is -2.56. The van der Waals surface area contributed by atoms with Crippen LogP contribution in [0.15, 0.2) is 0 Å². The molecule has 2 N–H and O–H groups in total. The fourth-order valence-corrected chi connectivity index (χ4v) is 2.20. The third-order valence-electron chi connectivity index (χ3n) is 3.91. The van der Waals surface area contributed by atoms with Gasteiger partial charge in [-0.05, 0) is 24.3 Å². The maximum atomic E-state index is 12.3. The van der Waals surface area contributed by atoms with Gasteiger partial charge in [0.05, 0.1) is 6.04 Å². The van der Waals surface area contributed by atoms with Gasteiger partial charge in [0.15, 0.2) is 0 Å². The standard InChI is InChI=1S/C15H31N3O/c1-12(2)6-7-17-8-10-18(11-9-17)14(19)13(16)15(3,4)5/h12-13H,6-11,16H2,1-5H3. The second-order valence-corrected chi connectivity index (χ2v) is 7.19. The number of rotatable bonds is 4. The summed E-state index contributed by atoms with van der Waals surface area (Å²) in [7, 11) is 0. The molecule has 0 aromatic carbocycles. The Morgan fingerprint density at radius 3 is 2.11 bits per heavy atom. The molecule has 19 heavy (non-hydrogen) atoms. The molecule has 1 atom stereocenters. The van der Waals surface area contributed by atoms with Crippen molar-refractivity contribution in [2.75, 3.05) is 32.7 Å². The van der Waals surface area contributed by atoms with Crippen molar-refractivity contribution in [2.24, 2.45) is 17.1 Å². The Morgan fingerprint density at radius 1 is 1.16 bits per heavy atom. The van der Waals surface area contributed by atoms with E-state index in [9.17, 15) is 4.79 Å². The lowest BCUT2D eigenvalue weighted by molar-refractivity contribution is -0.136. The van der Waals surface area contributed by atoms with Crippen molar-refractivity contribution in [3.05, 3.63) is 0 Å². The average molecular weight is 269 g/mol. The summed E-state index contributed by atoms with van der Waals surface area (Å²) in [5, 5.41) is 0. The van der Waals surface area contributed by atoms with Gasteiger partial charge >= 0.3 is 0 Å². The Bertz CT molecular complexity index is 288. The molecule has 0 aromatic heterocycles. The third kappa shape index (κ3) is 5.11. The van der Waals surface area contributed by atoms with E-state index < -0.39 is 6.04 Å². The smallest absolute Gasteiger partial charge is 0.240 e. The van der Waals surface area contributed by atoms with Crippen molar-refractivity contribution in [3.63, 3.8) is 0 Å². The van der Waals surface area contributed by atoms with Gasteiger partial charge in [-0.25, -0.2) is 0 Å². The Hall–Kier alpha value is -0.610.